The van der Waals surface area contributed by atoms with Crippen LogP contribution < -0.4 is 0 Å². The van der Waals surface area contributed by atoms with Gasteiger partial charge in [0.1, 0.15) is 0 Å². The molecule has 2 heteroatoms. The van der Waals surface area contributed by atoms with E-state index in [1.807, 2.05) is 18.2 Å². The van der Waals surface area contributed by atoms with Gasteiger partial charge in [0.2, 0.25) is 0 Å². The SMILES string of the molecule is Clc1[c]cccc1-c1ccc(I)cc1. The summed E-state index contributed by atoms with van der Waals surface area (Å²) in [5.41, 5.74) is 2.16. The minimum absolute atomic E-state index is 0.675. The molecule has 0 heterocycles. The molecule has 0 atom stereocenters. The third-order valence-electron chi connectivity index (χ3n) is 1.96. The lowest BCUT2D eigenvalue weighted by Gasteiger charge is -2.03. The van der Waals surface area contributed by atoms with Crippen molar-refractivity contribution in [3.63, 3.8) is 0 Å². The van der Waals surface area contributed by atoms with E-state index in [-0.39, 0.29) is 0 Å². The first-order valence-corrected chi connectivity index (χ1v) is 5.65. The van der Waals surface area contributed by atoms with Gasteiger partial charge >= 0.3 is 0 Å². The molecule has 0 aromatic heterocycles. The molecule has 0 amide bonds. The highest BCUT2D eigenvalue weighted by Gasteiger charge is 2.01. The van der Waals surface area contributed by atoms with Gasteiger partial charge in [0.25, 0.3) is 0 Å². The van der Waals surface area contributed by atoms with Crippen molar-refractivity contribution in [2.24, 2.45) is 0 Å². The fourth-order valence-electron chi connectivity index (χ4n) is 1.27. The molecule has 0 aliphatic heterocycles. The van der Waals surface area contributed by atoms with Gasteiger partial charge in [-0.25, -0.2) is 0 Å². The lowest BCUT2D eigenvalue weighted by Crippen LogP contribution is -1.79. The van der Waals surface area contributed by atoms with Crippen LogP contribution in [0.25, 0.3) is 11.1 Å². The molecule has 0 nitrogen and oxygen atoms in total. The molecule has 2 aromatic rings. The Morgan fingerprint density at radius 1 is 1.07 bits per heavy atom. The Labute approximate surface area is 102 Å². The Morgan fingerprint density at radius 2 is 1.79 bits per heavy atom. The fraction of sp³-hybridized carbons (Fsp3) is 0. The molecular formula is C12H7ClI. The summed E-state index contributed by atoms with van der Waals surface area (Å²) >= 11 is 8.32. The molecule has 69 valence electrons. The molecule has 2 aromatic carbocycles. The van der Waals surface area contributed by atoms with Gasteiger partial charge in [-0.1, -0.05) is 41.9 Å². The number of hydrogen-bond donors (Lipinski definition) is 0. The zero-order valence-corrected chi connectivity index (χ0v) is 10.2. The Kier molecular flexibility index (Phi) is 3.08. The Hall–Kier alpha value is -0.540. The second-order valence-electron chi connectivity index (χ2n) is 2.90. The van der Waals surface area contributed by atoms with Crippen LogP contribution in [0.3, 0.4) is 0 Å². The summed E-state index contributed by atoms with van der Waals surface area (Å²) in [7, 11) is 0. The minimum atomic E-state index is 0.675. The third-order valence-corrected chi connectivity index (χ3v) is 2.99. The molecule has 0 aliphatic rings. The van der Waals surface area contributed by atoms with E-state index >= 15 is 0 Å². The summed E-state index contributed by atoms with van der Waals surface area (Å²) in [5, 5.41) is 0.675. The number of hydrogen-bond acceptors (Lipinski definition) is 0. The van der Waals surface area contributed by atoms with E-state index in [1.54, 1.807) is 0 Å². The van der Waals surface area contributed by atoms with Gasteiger partial charge in [0.15, 0.2) is 0 Å². The van der Waals surface area contributed by atoms with Gasteiger partial charge in [-0.3, -0.25) is 0 Å². The fourth-order valence-corrected chi connectivity index (χ4v) is 1.86. The van der Waals surface area contributed by atoms with Crippen molar-refractivity contribution in [3.8, 4) is 11.1 Å². The maximum atomic E-state index is 6.04. The third kappa shape index (κ3) is 2.10. The standard InChI is InChI=1S/C12H7ClI/c13-12-4-2-1-3-11(12)9-5-7-10(14)8-6-9/h1-3,5-8H. The van der Waals surface area contributed by atoms with E-state index in [0.717, 1.165) is 11.1 Å². The van der Waals surface area contributed by atoms with Crippen LogP contribution in [0.5, 0.6) is 0 Å². The lowest BCUT2D eigenvalue weighted by molar-refractivity contribution is 1.59. The normalized spacial score (nSPS) is 10.1. The van der Waals surface area contributed by atoms with E-state index in [1.165, 1.54) is 3.57 Å². The maximum absolute atomic E-state index is 6.04. The zero-order valence-electron chi connectivity index (χ0n) is 7.30. The first kappa shape index (κ1) is 9.99. The highest BCUT2D eigenvalue weighted by Crippen LogP contribution is 2.27. The van der Waals surface area contributed by atoms with E-state index in [4.69, 9.17) is 11.6 Å². The molecule has 0 saturated heterocycles. The van der Waals surface area contributed by atoms with Crippen molar-refractivity contribution in [2.75, 3.05) is 0 Å². The molecule has 0 spiro atoms. The molecule has 0 bridgehead atoms. The second-order valence-corrected chi connectivity index (χ2v) is 4.53. The van der Waals surface area contributed by atoms with E-state index < -0.39 is 0 Å². The van der Waals surface area contributed by atoms with Gasteiger partial charge < -0.3 is 0 Å². The zero-order chi connectivity index (χ0) is 9.97. The first-order chi connectivity index (χ1) is 6.77. The van der Waals surface area contributed by atoms with Crippen LogP contribution in [0, 0.1) is 9.64 Å². The summed E-state index contributed by atoms with van der Waals surface area (Å²) in [6.45, 7) is 0. The molecule has 14 heavy (non-hydrogen) atoms. The van der Waals surface area contributed by atoms with Crippen LogP contribution in [0.1, 0.15) is 0 Å². The second kappa shape index (κ2) is 4.32. The van der Waals surface area contributed by atoms with Crippen LogP contribution >= 0.6 is 34.2 Å². The van der Waals surface area contributed by atoms with Crippen molar-refractivity contribution in [3.05, 3.63) is 57.1 Å². The predicted molar refractivity (Wildman–Crippen MR) is 68.4 cm³/mol. The minimum Gasteiger partial charge on any atom is -0.0830 e. The van der Waals surface area contributed by atoms with E-state index in [9.17, 15) is 0 Å². The summed E-state index contributed by atoms with van der Waals surface area (Å²) in [6, 6.07) is 17.0. The number of halogens is 2. The van der Waals surface area contributed by atoms with Crippen LogP contribution in [0.15, 0.2) is 42.5 Å². The van der Waals surface area contributed by atoms with E-state index in [0.29, 0.717) is 5.02 Å². The van der Waals surface area contributed by atoms with Crippen LogP contribution in [-0.4, -0.2) is 0 Å². The molecule has 1 radical (unpaired) electrons. The van der Waals surface area contributed by atoms with Crippen LogP contribution in [-0.2, 0) is 0 Å². The summed E-state index contributed by atoms with van der Waals surface area (Å²) in [6.07, 6.45) is 0. The highest BCUT2D eigenvalue weighted by molar-refractivity contribution is 14.1. The molecule has 0 aliphatic carbocycles. The Morgan fingerprint density at radius 3 is 2.43 bits per heavy atom. The lowest BCUT2D eigenvalue weighted by atomic mass is 10.1. The largest absolute Gasteiger partial charge is 0.0830 e. The Balaban J connectivity index is 2.50. The molecule has 0 fully saturated rings. The average molecular weight is 314 g/mol. The summed E-state index contributed by atoms with van der Waals surface area (Å²) < 4.78 is 1.22. The number of benzene rings is 2. The van der Waals surface area contributed by atoms with Crippen LogP contribution in [0.4, 0.5) is 0 Å². The molecule has 2 rings (SSSR count). The monoisotopic (exact) mass is 313 g/mol. The quantitative estimate of drug-likeness (QED) is 0.684. The van der Waals surface area contributed by atoms with Crippen molar-refractivity contribution in [1.29, 1.82) is 0 Å². The average Bonchev–Trinajstić information content (AvgIpc) is 2.20. The van der Waals surface area contributed by atoms with Gasteiger partial charge in [0.05, 0.1) is 5.02 Å². The van der Waals surface area contributed by atoms with Gasteiger partial charge in [-0.05, 0) is 40.3 Å². The summed E-state index contributed by atoms with van der Waals surface area (Å²) in [4.78, 5) is 0. The maximum Gasteiger partial charge on any atom is 0.0563 e. The van der Waals surface area contributed by atoms with Crippen molar-refractivity contribution in [1.82, 2.24) is 0 Å². The Bertz CT molecular complexity index is 434. The van der Waals surface area contributed by atoms with Crippen molar-refractivity contribution in [2.45, 2.75) is 0 Å². The molecular weight excluding hydrogens is 306 g/mol. The topological polar surface area (TPSA) is 0 Å². The highest BCUT2D eigenvalue weighted by atomic mass is 127. The van der Waals surface area contributed by atoms with Gasteiger partial charge in [-0.15, -0.1) is 0 Å². The number of rotatable bonds is 1. The van der Waals surface area contributed by atoms with Crippen molar-refractivity contribution < 1.29 is 0 Å². The molecule has 0 saturated carbocycles. The smallest absolute Gasteiger partial charge is 0.0563 e. The van der Waals surface area contributed by atoms with Gasteiger partial charge in [0, 0.05) is 15.2 Å². The first-order valence-electron chi connectivity index (χ1n) is 4.19. The van der Waals surface area contributed by atoms with Crippen LogP contribution in [0.2, 0.25) is 5.02 Å². The predicted octanol–water partition coefficient (Wildman–Crippen LogP) is 4.41. The van der Waals surface area contributed by atoms with Gasteiger partial charge in [-0.2, -0.15) is 0 Å². The molecule has 0 unspecified atom stereocenters. The summed E-state index contributed by atoms with van der Waals surface area (Å²) in [5.74, 6) is 0. The van der Waals surface area contributed by atoms with E-state index in [2.05, 4.69) is 52.9 Å². The van der Waals surface area contributed by atoms with Crippen molar-refractivity contribution >= 4 is 34.2 Å². The molecule has 0 N–H and O–H groups in total.